The minimum Gasteiger partial charge on any atom is -0.379 e. The second kappa shape index (κ2) is 13.8. The van der Waals surface area contributed by atoms with E-state index in [2.05, 4.69) is 26.1 Å². The molecule has 0 unspecified atom stereocenters. The monoisotopic (exact) mass is 273 g/mol. The highest BCUT2D eigenvalue weighted by atomic mass is 16.5. The van der Waals surface area contributed by atoms with Gasteiger partial charge >= 0.3 is 0 Å². The van der Waals surface area contributed by atoms with Gasteiger partial charge in [0.25, 0.3) is 0 Å². The molecule has 4 heteroatoms. The fourth-order valence-electron chi connectivity index (χ4n) is 1.53. The molecule has 0 rings (SSSR count). The van der Waals surface area contributed by atoms with Crippen LogP contribution in [0.2, 0.25) is 0 Å². The Morgan fingerprint density at radius 3 is 2.37 bits per heavy atom. The molecule has 0 radical (unpaired) electrons. The van der Waals surface area contributed by atoms with E-state index in [9.17, 15) is 4.79 Å². The van der Waals surface area contributed by atoms with E-state index >= 15 is 0 Å². The number of amides is 1. The molecule has 0 saturated heterocycles. The molecule has 1 N–H and O–H groups in total. The van der Waals surface area contributed by atoms with E-state index in [1.165, 1.54) is 0 Å². The molecular formula is C15H31NO3. The van der Waals surface area contributed by atoms with Gasteiger partial charge in [-0.25, -0.2) is 0 Å². The summed E-state index contributed by atoms with van der Waals surface area (Å²) in [6.45, 7) is 9.70. The van der Waals surface area contributed by atoms with E-state index in [1.807, 2.05) is 0 Å². The number of carbonyl (C=O) groups excluding carboxylic acids is 1. The lowest BCUT2D eigenvalue weighted by Crippen LogP contribution is -2.27. The smallest absolute Gasteiger partial charge is 0.220 e. The second-order valence-electron chi connectivity index (χ2n) is 5.21. The lowest BCUT2D eigenvalue weighted by Gasteiger charge is -2.08. The topological polar surface area (TPSA) is 47.6 Å². The Kier molecular flexibility index (Phi) is 13.4. The van der Waals surface area contributed by atoms with Crippen molar-refractivity contribution in [3.63, 3.8) is 0 Å². The van der Waals surface area contributed by atoms with Crippen molar-refractivity contribution >= 4 is 5.91 Å². The molecule has 114 valence electrons. The minimum atomic E-state index is 0.130. The van der Waals surface area contributed by atoms with E-state index < -0.39 is 0 Å². The maximum absolute atomic E-state index is 11.4. The first-order chi connectivity index (χ1) is 9.16. The Morgan fingerprint density at radius 1 is 1.05 bits per heavy atom. The van der Waals surface area contributed by atoms with Gasteiger partial charge in [-0.3, -0.25) is 4.79 Å². The predicted octanol–water partition coefficient (Wildman–Crippen LogP) is 2.76. The van der Waals surface area contributed by atoms with E-state index in [1.54, 1.807) is 0 Å². The summed E-state index contributed by atoms with van der Waals surface area (Å²) in [5, 5.41) is 2.85. The zero-order chi connectivity index (χ0) is 14.3. The van der Waals surface area contributed by atoms with Gasteiger partial charge in [-0.05, 0) is 18.8 Å². The predicted molar refractivity (Wildman–Crippen MR) is 78.2 cm³/mol. The van der Waals surface area contributed by atoms with Gasteiger partial charge in [0.2, 0.25) is 5.91 Å². The van der Waals surface area contributed by atoms with Crippen molar-refractivity contribution in [1.82, 2.24) is 5.32 Å². The highest BCUT2D eigenvalue weighted by Gasteiger charge is 1.99. The zero-order valence-corrected chi connectivity index (χ0v) is 12.9. The molecule has 4 nitrogen and oxygen atoms in total. The van der Waals surface area contributed by atoms with Crippen LogP contribution in [-0.2, 0) is 14.3 Å². The molecule has 0 heterocycles. The molecule has 0 atom stereocenters. The number of unbranched alkanes of at least 4 members (excludes halogenated alkanes) is 2. The third-order valence-electron chi connectivity index (χ3n) is 2.79. The van der Waals surface area contributed by atoms with E-state index in [4.69, 9.17) is 9.47 Å². The van der Waals surface area contributed by atoms with Crippen LogP contribution >= 0.6 is 0 Å². The Balaban J connectivity index is 3.11. The third kappa shape index (κ3) is 15.3. The summed E-state index contributed by atoms with van der Waals surface area (Å²) in [5.74, 6) is 0.814. The van der Waals surface area contributed by atoms with Crippen LogP contribution in [0.4, 0.5) is 0 Å². The van der Waals surface area contributed by atoms with Crippen molar-refractivity contribution in [2.75, 3.05) is 33.0 Å². The molecule has 19 heavy (non-hydrogen) atoms. The molecule has 1 amide bonds. The quantitative estimate of drug-likeness (QED) is 0.525. The largest absolute Gasteiger partial charge is 0.379 e. The lowest BCUT2D eigenvalue weighted by atomic mass is 10.1. The van der Waals surface area contributed by atoms with E-state index in [-0.39, 0.29) is 5.91 Å². The van der Waals surface area contributed by atoms with Gasteiger partial charge in [0, 0.05) is 19.6 Å². The summed E-state index contributed by atoms with van der Waals surface area (Å²) < 4.78 is 10.8. The van der Waals surface area contributed by atoms with Crippen molar-refractivity contribution < 1.29 is 14.3 Å². The number of carbonyl (C=O) groups is 1. The second-order valence-corrected chi connectivity index (χ2v) is 5.21. The van der Waals surface area contributed by atoms with Crippen LogP contribution in [0, 0.1) is 5.92 Å². The fourth-order valence-corrected chi connectivity index (χ4v) is 1.53. The molecule has 0 spiro atoms. The van der Waals surface area contributed by atoms with Gasteiger partial charge in [-0.1, -0.05) is 33.6 Å². The number of nitrogens with one attached hydrogen (secondary N) is 1. The van der Waals surface area contributed by atoms with Crippen molar-refractivity contribution in [3.05, 3.63) is 0 Å². The van der Waals surface area contributed by atoms with Crippen LogP contribution < -0.4 is 5.32 Å². The van der Waals surface area contributed by atoms with Gasteiger partial charge in [-0.2, -0.15) is 0 Å². The van der Waals surface area contributed by atoms with E-state index in [0.29, 0.717) is 38.7 Å². The number of hydrogen-bond acceptors (Lipinski definition) is 3. The van der Waals surface area contributed by atoms with Gasteiger partial charge < -0.3 is 14.8 Å². The molecule has 0 aromatic rings. The van der Waals surface area contributed by atoms with Crippen molar-refractivity contribution in [2.45, 2.75) is 52.9 Å². The summed E-state index contributed by atoms with van der Waals surface area (Å²) in [6, 6.07) is 0. The first-order valence-corrected chi connectivity index (χ1v) is 7.59. The number of rotatable bonds is 13. The summed E-state index contributed by atoms with van der Waals surface area (Å²) in [7, 11) is 0. The number of ether oxygens (including phenoxy) is 2. The SMILES string of the molecule is CCCCCC(=O)NCCOCCOCCC(C)C. The van der Waals surface area contributed by atoms with Gasteiger partial charge in [0.15, 0.2) is 0 Å². The minimum absolute atomic E-state index is 0.130. The molecular weight excluding hydrogens is 242 g/mol. The van der Waals surface area contributed by atoms with Gasteiger partial charge in [0.1, 0.15) is 0 Å². The van der Waals surface area contributed by atoms with Crippen LogP contribution in [0.25, 0.3) is 0 Å². The van der Waals surface area contributed by atoms with Crippen LogP contribution in [0.15, 0.2) is 0 Å². The molecule has 0 aromatic carbocycles. The van der Waals surface area contributed by atoms with Crippen LogP contribution in [-0.4, -0.2) is 38.9 Å². The normalized spacial score (nSPS) is 10.9. The Hall–Kier alpha value is -0.610. The van der Waals surface area contributed by atoms with Gasteiger partial charge in [-0.15, -0.1) is 0 Å². The molecule has 0 aromatic heterocycles. The highest BCUT2D eigenvalue weighted by Crippen LogP contribution is 1.99. The number of hydrogen-bond donors (Lipinski definition) is 1. The maximum Gasteiger partial charge on any atom is 0.220 e. The molecule has 0 fully saturated rings. The summed E-state index contributed by atoms with van der Waals surface area (Å²) >= 11 is 0. The van der Waals surface area contributed by atoms with Crippen LogP contribution in [0.3, 0.4) is 0 Å². The van der Waals surface area contributed by atoms with Gasteiger partial charge in [0.05, 0.1) is 19.8 Å². The summed E-state index contributed by atoms with van der Waals surface area (Å²) in [4.78, 5) is 11.4. The Bertz CT molecular complexity index is 208. The maximum atomic E-state index is 11.4. The molecule has 0 aliphatic rings. The Morgan fingerprint density at radius 2 is 1.74 bits per heavy atom. The molecule has 0 bridgehead atoms. The van der Waals surface area contributed by atoms with Crippen molar-refractivity contribution in [3.8, 4) is 0 Å². The Labute approximate surface area is 118 Å². The van der Waals surface area contributed by atoms with Crippen molar-refractivity contribution in [1.29, 1.82) is 0 Å². The van der Waals surface area contributed by atoms with Crippen molar-refractivity contribution in [2.24, 2.45) is 5.92 Å². The highest BCUT2D eigenvalue weighted by molar-refractivity contribution is 5.75. The lowest BCUT2D eigenvalue weighted by molar-refractivity contribution is -0.121. The zero-order valence-electron chi connectivity index (χ0n) is 12.9. The fraction of sp³-hybridized carbons (Fsp3) is 0.933. The molecule has 0 aliphatic carbocycles. The summed E-state index contributed by atoms with van der Waals surface area (Å²) in [6.07, 6.45) is 4.97. The molecule has 0 aliphatic heterocycles. The average Bonchev–Trinajstić information content (AvgIpc) is 2.36. The molecule has 0 saturated carbocycles. The van der Waals surface area contributed by atoms with Crippen LogP contribution in [0.1, 0.15) is 52.9 Å². The first kappa shape index (κ1) is 18.4. The van der Waals surface area contributed by atoms with E-state index in [0.717, 1.165) is 32.3 Å². The third-order valence-corrected chi connectivity index (χ3v) is 2.79. The standard InChI is InChI=1S/C15H31NO3/c1-4-5-6-7-15(17)16-9-11-19-13-12-18-10-8-14(2)3/h14H,4-13H2,1-3H3,(H,16,17). The summed E-state index contributed by atoms with van der Waals surface area (Å²) in [5.41, 5.74) is 0. The van der Waals surface area contributed by atoms with Crippen LogP contribution in [0.5, 0.6) is 0 Å². The average molecular weight is 273 g/mol. The first-order valence-electron chi connectivity index (χ1n) is 7.59.